The van der Waals surface area contributed by atoms with Gasteiger partial charge < -0.3 is 19.7 Å². The molecule has 11 heteroatoms. The molecule has 0 aromatic heterocycles. The van der Waals surface area contributed by atoms with E-state index in [1.165, 1.54) is 5.56 Å². The molecule has 3 aromatic carbocycles. The Bertz CT molecular complexity index is 1610. The van der Waals surface area contributed by atoms with Gasteiger partial charge in [0.2, 0.25) is 5.91 Å². The molecule has 0 saturated carbocycles. The first-order valence-corrected chi connectivity index (χ1v) is 15.7. The molecule has 0 bridgehead atoms. The van der Waals surface area contributed by atoms with Crippen molar-refractivity contribution in [3.8, 4) is 11.5 Å². The van der Waals surface area contributed by atoms with E-state index in [0.717, 1.165) is 34.2 Å². The molecule has 5 rings (SSSR count). The van der Waals surface area contributed by atoms with Gasteiger partial charge in [0.25, 0.3) is 17.1 Å². The highest BCUT2D eigenvalue weighted by molar-refractivity contribution is 14.1. The van der Waals surface area contributed by atoms with E-state index in [1.807, 2.05) is 56.3 Å². The maximum Gasteiger partial charge on any atom is 0.294 e. The average molecular weight is 712 g/mol. The molecule has 2 aliphatic heterocycles. The zero-order valence-electron chi connectivity index (χ0n) is 23.7. The van der Waals surface area contributed by atoms with Crippen LogP contribution in [0.1, 0.15) is 29.2 Å². The van der Waals surface area contributed by atoms with E-state index in [-0.39, 0.29) is 29.9 Å². The predicted octanol–water partition coefficient (Wildman–Crippen LogP) is 5.64. The monoisotopic (exact) mass is 711 g/mol. The van der Waals surface area contributed by atoms with E-state index in [9.17, 15) is 19.2 Å². The molecule has 0 aliphatic carbocycles. The van der Waals surface area contributed by atoms with Crippen LogP contribution < -0.4 is 14.8 Å². The zero-order chi connectivity index (χ0) is 30.5. The first kappa shape index (κ1) is 30.6. The van der Waals surface area contributed by atoms with Gasteiger partial charge in [-0.3, -0.25) is 24.1 Å². The summed E-state index contributed by atoms with van der Waals surface area (Å²) in [6, 6.07) is 18.9. The van der Waals surface area contributed by atoms with Gasteiger partial charge in [-0.25, -0.2) is 0 Å². The number of nitrogens with one attached hydrogen (secondary N) is 1. The number of fused-ring (bicyclic) bond motifs is 1. The number of hydrogen-bond acceptors (Lipinski definition) is 7. The molecule has 43 heavy (non-hydrogen) atoms. The van der Waals surface area contributed by atoms with Crippen LogP contribution in [0.3, 0.4) is 0 Å². The fourth-order valence-corrected chi connectivity index (χ4v) is 6.40. The molecule has 0 spiro atoms. The third-order valence-electron chi connectivity index (χ3n) is 6.96. The molecular weight excluding hydrogens is 681 g/mol. The van der Waals surface area contributed by atoms with Gasteiger partial charge in [0.15, 0.2) is 18.1 Å². The summed E-state index contributed by atoms with van der Waals surface area (Å²) in [5.41, 5.74) is 4.67. The maximum atomic E-state index is 13.2. The second-order valence-corrected chi connectivity index (χ2v) is 12.2. The summed E-state index contributed by atoms with van der Waals surface area (Å²) in [5, 5.41) is 2.32. The standard InChI is InChI=1S/C32H30IN3O6S/c1-3-41-26-15-21(14-25(33)30(26)42-19-28(37)34-24-10-8-20(2)9-11-24)16-27-31(39)36(32(40)43-27)18-29(38)35-13-12-22-6-4-5-7-23(22)17-35/h4-11,14-16H,3,12-13,17-19H2,1-2H3,(H,34,37)/b27-16-. The highest BCUT2D eigenvalue weighted by atomic mass is 127. The summed E-state index contributed by atoms with van der Waals surface area (Å²) in [5.74, 6) is -0.284. The number of benzene rings is 3. The van der Waals surface area contributed by atoms with Crippen LogP contribution in [-0.4, -0.2) is 59.1 Å². The molecule has 1 saturated heterocycles. The van der Waals surface area contributed by atoms with Crippen LogP contribution in [0.2, 0.25) is 0 Å². The number of anilines is 1. The molecule has 2 heterocycles. The molecule has 1 fully saturated rings. The number of aryl methyl sites for hydroxylation is 1. The van der Waals surface area contributed by atoms with Crippen LogP contribution in [0.25, 0.3) is 6.08 Å². The maximum absolute atomic E-state index is 13.2. The summed E-state index contributed by atoms with van der Waals surface area (Å²) in [4.78, 5) is 54.4. The zero-order valence-corrected chi connectivity index (χ0v) is 26.7. The minimum absolute atomic E-state index is 0.214. The Kier molecular flexibility index (Phi) is 9.71. The molecule has 9 nitrogen and oxygen atoms in total. The first-order valence-electron chi connectivity index (χ1n) is 13.8. The lowest BCUT2D eigenvalue weighted by molar-refractivity contribution is -0.136. The smallest absolute Gasteiger partial charge is 0.294 e. The third-order valence-corrected chi connectivity index (χ3v) is 8.67. The number of nitrogens with zero attached hydrogens (tertiary/aromatic N) is 2. The quantitative estimate of drug-likeness (QED) is 0.227. The van der Waals surface area contributed by atoms with Gasteiger partial charge in [0.1, 0.15) is 6.54 Å². The van der Waals surface area contributed by atoms with Crippen molar-refractivity contribution in [3.05, 3.63) is 91.4 Å². The number of halogens is 1. The van der Waals surface area contributed by atoms with Crippen molar-refractivity contribution >= 4 is 69.1 Å². The van der Waals surface area contributed by atoms with Crippen LogP contribution in [0.15, 0.2) is 65.6 Å². The van der Waals surface area contributed by atoms with E-state index < -0.39 is 11.1 Å². The predicted molar refractivity (Wildman–Crippen MR) is 174 cm³/mol. The third kappa shape index (κ3) is 7.39. The first-order chi connectivity index (χ1) is 20.7. The summed E-state index contributed by atoms with van der Waals surface area (Å²) in [7, 11) is 0. The minimum atomic E-state index is -0.512. The second-order valence-electron chi connectivity index (χ2n) is 10.1. The molecule has 0 radical (unpaired) electrons. The van der Waals surface area contributed by atoms with Crippen molar-refractivity contribution in [1.82, 2.24) is 9.80 Å². The number of hydrogen-bond donors (Lipinski definition) is 1. The topological polar surface area (TPSA) is 105 Å². The number of amides is 4. The molecule has 2 aliphatic rings. The fraction of sp³-hybridized carbons (Fsp3) is 0.250. The summed E-state index contributed by atoms with van der Waals surface area (Å²) in [6.07, 6.45) is 2.34. The van der Waals surface area contributed by atoms with E-state index >= 15 is 0 Å². The van der Waals surface area contributed by atoms with Gasteiger partial charge in [-0.1, -0.05) is 42.0 Å². The summed E-state index contributed by atoms with van der Waals surface area (Å²) < 4.78 is 12.3. The Balaban J connectivity index is 1.25. The molecule has 4 amide bonds. The van der Waals surface area contributed by atoms with Crippen molar-refractivity contribution in [2.45, 2.75) is 26.8 Å². The van der Waals surface area contributed by atoms with Gasteiger partial charge in [0.05, 0.1) is 15.1 Å². The number of rotatable bonds is 9. The molecule has 0 atom stereocenters. The number of imide groups is 1. The lowest BCUT2D eigenvalue weighted by atomic mass is 10.00. The lowest BCUT2D eigenvalue weighted by Crippen LogP contribution is -2.44. The Labute approximate surface area is 267 Å². The van der Waals surface area contributed by atoms with Crippen LogP contribution in [0.5, 0.6) is 11.5 Å². The van der Waals surface area contributed by atoms with Crippen LogP contribution in [0.4, 0.5) is 10.5 Å². The van der Waals surface area contributed by atoms with Crippen molar-refractivity contribution in [3.63, 3.8) is 0 Å². The molecule has 3 aromatic rings. The number of ether oxygens (including phenoxy) is 2. The minimum Gasteiger partial charge on any atom is -0.490 e. The van der Waals surface area contributed by atoms with E-state index in [4.69, 9.17) is 9.47 Å². The van der Waals surface area contributed by atoms with Gasteiger partial charge >= 0.3 is 0 Å². The molecule has 0 unspecified atom stereocenters. The van der Waals surface area contributed by atoms with Crippen molar-refractivity contribution < 1.29 is 28.7 Å². The Morgan fingerprint density at radius 3 is 2.53 bits per heavy atom. The largest absolute Gasteiger partial charge is 0.490 e. The fourth-order valence-electron chi connectivity index (χ4n) is 4.78. The molecular formula is C32H30IN3O6S. The highest BCUT2D eigenvalue weighted by Gasteiger charge is 2.37. The molecule has 1 N–H and O–H groups in total. The molecule has 222 valence electrons. The summed E-state index contributed by atoms with van der Waals surface area (Å²) in [6.45, 7) is 4.63. The van der Waals surface area contributed by atoms with E-state index in [2.05, 4.69) is 34.0 Å². The van der Waals surface area contributed by atoms with Crippen LogP contribution >= 0.6 is 34.4 Å². The highest BCUT2D eigenvalue weighted by Crippen LogP contribution is 2.37. The Hall–Kier alpha value is -3.84. The van der Waals surface area contributed by atoms with Crippen molar-refractivity contribution in [1.29, 1.82) is 0 Å². The van der Waals surface area contributed by atoms with Gasteiger partial charge in [0, 0.05) is 18.8 Å². The average Bonchev–Trinajstić information content (AvgIpc) is 3.24. The number of carbonyl (C=O) groups is 4. The van der Waals surface area contributed by atoms with Crippen LogP contribution in [-0.2, 0) is 27.3 Å². The lowest BCUT2D eigenvalue weighted by Gasteiger charge is -2.29. The van der Waals surface area contributed by atoms with E-state index in [1.54, 1.807) is 23.1 Å². The summed E-state index contributed by atoms with van der Waals surface area (Å²) >= 11 is 2.88. The Morgan fingerprint density at radius 2 is 1.79 bits per heavy atom. The van der Waals surface area contributed by atoms with Gasteiger partial charge in [-0.2, -0.15) is 0 Å². The van der Waals surface area contributed by atoms with Crippen molar-refractivity contribution in [2.75, 3.05) is 31.6 Å². The van der Waals surface area contributed by atoms with Crippen LogP contribution in [0, 0.1) is 10.5 Å². The van der Waals surface area contributed by atoms with Crippen molar-refractivity contribution in [2.24, 2.45) is 0 Å². The second kappa shape index (κ2) is 13.6. The number of thioether (sulfide) groups is 1. The van der Waals surface area contributed by atoms with E-state index in [0.29, 0.717) is 46.0 Å². The number of carbonyl (C=O) groups excluding carboxylic acids is 4. The normalized spacial score (nSPS) is 15.5. The SMILES string of the molecule is CCOc1cc(/C=C2\SC(=O)N(CC(=O)N3CCc4ccccc4C3)C2=O)cc(I)c1OCC(=O)Nc1ccc(C)cc1. The Morgan fingerprint density at radius 1 is 1.05 bits per heavy atom. The van der Waals surface area contributed by atoms with Gasteiger partial charge in [-0.05, 0) is 102 Å². The van der Waals surface area contributed by atoms with Gasteiger partial charge in [-0.15, -0.1) is 0 Å².